The largest absolute Gasteiger partial charge is 0.496 e. The highest BCUT2D eigenvalue weighted by molar-refractivity contribution is 5.35. The van der Waals surface area contributed by atoms with Crippen molar-refractivity contribution < 1.29 is 9.13 Å². The van der Waals surface area contributed by atoms with Crippen molar-refractivity contribution >= 4 is 0 Å². The van der Waals surface area contributed by atoms with E-state index in [2.05, 4.69) is 29.4 Å². The molecule has 1 heterocycles. The second-order valence-corrected chi connectivity index (χ2v) is 5.89. The van der Waals surface area contributed by atoms with E-state index in [0.717, 1.165) is 11.3 Å². The number of hydrogen-bond donors (Lipinski definition) is 0. The number of hydrogen-bond acceptors (Lipinski definition) is 3. The maximum atomic E-state index is 13.5. The molecule has 0 bridgehead atoms. The lowest BCUT2D eigenvalue weighted by Gasteiger charge is -2.12. The maximum absolute atomic E-state index is 13.5. The molecule has 24 heavy (non-hydrogen) atoms. The van der Waals surface area contributed by atoms with Gasteiger partial charge in [0.25, 0.3) is 0 Å². The van der Waals surface area contributed by atoms with Crippen molar-refractivity contribution in [3.05, 3.63) is 77.4 Å². The Hall–Kier alpha value is -2.69. The summed E-state index contributed by atoms with van der Waals surface area (Å²) in [4.78, 5) is 0. The van der Waals surface area contributed by atoms with Crippen LogP contribution in [0.5, 0.6) is 5.75 Å². The molecule has 1 atom stereocenters. The quantitative estimate of drug-likeness (QED) is 0.692. The van der Waals surface area contributed by atoms with E-state index < -0.39 is 0 Å². The average Bonchev–Trinajstić information content (AvgIpc) is 3.05. The van der Waals surface area contributed by atoms with Gasteiger partial charge in [-0.15, -0.1) is 5.10 Å². The monoisotopic (exact) mass is 325 g/mol. The third-order valence-electron chi connectivity index (χ3n) is 4.02. The summed E-state index contributed by atoms with van der Waals surface area (Å²) in [5.41, 5.74) is 2.90. The van der Waals surface area contributed by atoms with Crippen LogP contribution in [0.2, 0.25) is 0 Å². The molecule has 0 N–H and O–H groups in total. The molecular weight excluding hydrogens is 305 g/mol. The Labute approximate surface area is 140 Å². The zero-order valence-corrected chi connectivity index (χ0v) is 13.8. The Balaban J connectivity index is 1.72. The van der Waals surface area contributed by atoms with Crippen LogP contribution in [0.25, 0.3) is 0 Å². The third kappa shape index (κ3) is 3.79. The van der Waals surface area contributed by atoms with E-state index in [1.54, 1.807) is 13.2 Å². The van der Waals surface area contributed by atoms with Gasteiger partial charge in [-0.05, 0) is 35.7 Å². The van der Waals surface area contributed by atoms with Crippen LogP contribution in [0.1, 0.15) is 29.7 Å². The molecule has 1 unspecified atom stereocenters. The molecule has 0 aliphatic rings. The summed E-state index contributed by atoms with van der Waals surface area (Å²) >= 11 is 0. The summed E-state index contributed by atoms with van der Waals surface area (Å²) in [6.07, 6.45) is 2.59. The Morgan fingerprint density at radius 2 is 1.96 bits per heavy atom. The van der Waals surface area contributed by atoms with E-state index in [4.69, 9.17) is 4.74 Å². The molecule has 0 spiro atoms. The number of aromatic nitrogens is 3. The van der Waals surface area contributed by atoms with E-state index in [-0.39, 0.29) is 11.7 Å². The number of nitrogens with zero attached hydrogens (tertiary/aromatic N) is 3. The van der Waals surface area contributed by atoms with E-state index >= 15 is 0 Å². The van der Waals surface area contributed by atoms with Gasteiger partial charge in [0.2, 0.25) is 0 Å². The van der Waals surface area contributed by atoms with Gasteiger partial charge >= 0.3 is 0 Å². The molecular formula is C19H20FN3O. The molecule has 0 saturated heterocycles. The Kier molecular flexibility index (Phi) is 4.89. The summed E-state index contributed by atoms with van der Waals surface area (Å²) < 4.78 is 20.6. The van der Waals surface area contributed by atoms with Gasteiger partial charge in [0, 0.05) is 12.1 Å². The molecule has 0 fully saturated rings. The van der Waals surface area contributed by atoms with Crippen molar-refractivity contribution in [3.8, 4) is 5.75 Å². The van der Waals surface area contributed by atoms with Crippen LogP contribution in [0.4, 0.5) is 4.39 Å². The van der Waals surface area contributed by atoms with Crippen LogP contribution in [0, 0.1) is 5.82 Å². The highest BCUT2D eigenvalue weighted by Gasteiger charge is 2.14. The molecule has 0 radical (unpaired) electrons. The predicted octanol–water partition coefficient (Wildman–Crippen LogP) is 3.82. The number of benzene rings is 2. The fraction of sp³-hybridized carbons (Fsp3) is 0.263. The SMILES string of the molecule is COc1ccc(F)cc1CC(C)c1cn(Cc2ccccc2)nn1. The lowest BCUT2D eigenvalue weighted by Crippen LogP contribution is -2.02. The molecule has 1 aromatic heterocycles. The van der Waals surface area contributed by atoms with Crippen molar-refractivity contribution in [3.63, 3.8) is 0 Å². The van der Waals surface area contributed by atoms with E-state index in [1.165, 1.54) is 17.7 Å². The highest BCUT2D eigenvalue weighted by atomic mass is 19.1. The molecule has 2 aromatic carbocycles. The first-order valence-corrected chi connectivity index (χ1v) is 7.92. The Morgan fingerprint density at radius 3 is 2.71 bits per heavy atom. The van der Waals surface area contributed by atoms with E-state index in [0.29, 0.717) is 18.7 Å². The van der Waals surface area contributed by atoms with Crippen molar-refractivity contribution in [2.75, 3.05) is 7.11 Å². The van der Waals surface area contributed by atoms with Crippen molar-refractivity contribution in [2.45, 2.75) is 25.8 Å². The van der Waals surface area contributed by atoms with Crippen LogP contribution in [-0.2, 0) is 13.0 Å². The Morgan fingerprint density at radius 1 is 1.17 bits per heavy atom. The summed E-state index contributed by atoms with van der Waals surface area (Å²) in [6, 6.07) is 14.7. The van der Waals surface area contributed by atoms with Gasteiger partial charge in [-0.1, -0.05) is 42.5 Å². The zero-order valence-electron chi connectivity index (χ0n) is 13.8. The summed E-state index contributed by atoms with van der Waals surface area (Å²) in [5, 5.41) is 8.46. The number of rotatable bonds is 6. The first kappa shape index (κ1) is 16.2. The maximum Gasteiger partial charge on any atom is 0.123 e. The van der Waals surface area contributed by atoms with Gasteiger partial charge in [-0.2, -0.15) is 0 Å². The van der Waals surface area contributed by atoms with Gasteiger partial charge < -0.3 is 4.74 Å². The molecule has 5 heteroatoms. The van der Waals surface area contributed by atoms with Crippen LogP contribution < -0.4 is 4.74 Å². The van der Waals surface area contributed by atoms with Crippen molar-refractivity contribution in [2.24, 2.45) is 0 Å². The zero-order chi connectivity index (χ0) is 16.9. The first-order chi connectivity index (χ1) is 11.7. The minimum atomic E-state index is -0.259. The molecule has 3 rings (SSSR count). The number of ether oxygens (including phenoxy) is 1. The highest BCUT2D eigenvalue weighted by Crippen LogP contribution is 2.26. The van der Waals surface area contributed by atoms with Crippen LogP contribution in [0.3, 0.4) is 0 Å². The molecule has 3 aromatic rings. The van der Waals surface area contributed by atoms with Gasteiger partial charge in [-0.3, -0.25) is 0 Å². The van der Waals surface area contributed by atoms with E-state index in [9.17, 15) is 4.39 Å². The topological polar surface area (TPSA) is 39.9 Å². The van der Waals surface area contributed by atoms with Crippen LogP contribution in [-0.4, -0.2) is 22.1 Å². The van der Waals surface area contributed by atoms with E-state index in [1.807, 2.05) is 29.1 Å². The fourth-order valence-corrected chi connectivity index (χ4v) is 2.73. The minimum absolute atomic E-state index is 0.116. The minimum Gasteiger partial charge on any atom is -0.496 e. The summed E-state index contributed by atoms with van der Waals surface area (Å²) in [5.74, 6) is 0.552. The molecule has 0 aliphatic carbocycles. The first-order valence-electron chi connectivity index (χ1n) is 7.92. The van der Waals surface area contributed by atoms with Gasteiger partial charge in [0.1, 0.15) is 11.6 Å². The normalized spacial score (nSPS) is 12.1. The van der Waals surface area contributed by atoms with Gasteiger partial charge in [0.05, 0.1) is 19.3 Å². The lowest BCUT2D eigenvalue weighted by atomic mass is 9.98. The summed E-state index contributed by atoms with van der Waals surface area (Å²) in [6.45, 7) is 2.74. The average molecular weight is 325 g/mol. The van der Waals surface area contributed by atoms with Crippen molar-refractivity contribution in [1.29, 1.82) is 0 Å². The van der Waals surface area contributed by atoms with Gasteiger partial charge in [-0.25, -0.2) is 9.07 Å². The predicted molar refractivity (Wildman–Crippen MR) is 90.6 cm³/mol. The summed E-state index contributed by atoms with van der Waals surface area (Å²) in [7, 11) is 1.59. The number of methoxy groups -OCH3 is 1. The fourth-order valence-electron chi connectivity index (χ4n) is 2.73. The lowest BCUT2D eigenvalue weighted by molar-refractivity contribution is 0.407. The Bertz CT molecular complexity index is 801. The van der Waals surface area contributed by atoms with Crippen molar-refractivity contribution in [1.82, 2.24) is 15.0 Å². The standard InChI is InChI=1S/C19H20FN3O/c1-14(10-16-11-17(20)8-9-19(16)24-2)18-13-23(22-21-18)12-15-6-4-3-5-7-15/h3-9,11,13-14H,10,12H2,1-2H3. The molecule has 0 aliphatic heterocycles. The van der Waals surface area contributed by atoms with Crippen LogP contribution >= 0.6 is 0 Å². The molecule has 0 amide bonds. The third-order valence-corrected chi connectivity index (χ3v) is 4.02. The van der Waals surface area contributed by atoms with Crippen LogP contribution in [0.15, 0.2) is 54.7 Å². The van der Waals surface area contributed by atoms with Gasteiger partial charge in [0.15, 0.2) is 0 Å². The second-order valence-electron chi connectivity index (χ2n) is 5.89. The number of halogens is 1. The molecule has 0 saturated carbocycles. The second kappa shape index (κ2) is 7.25. The molecule has 124 valence electrons. The smallest absolute Gasteiger partial charge is 0.123 e. The molecule has 4 nitrogen and oxygen atoms in total.